The van der Waals surface area contributed by atoms with Crippen LogP contribution in [0.2, 0.25) is 5.02 Å². The van der Waals surface area contributed by atoms with Gasteiger partial charge in [0.05, 0.1) is 9.92 Å². The first-order valence-electron chi connectivity index (χ1n) is 6.06. The quantitative estimate of drug-likeness (QED) is 0.804. The highest BCUT2D eigenvalue weighted by Gasteiger charge is 2.10. The highest BCUT2D eigenvalue weighted by Crippen LogP contribution is 2.31. The Kier molecular flexibility index (Phi) is 4.34. The molecule has 4 nitrogen and oxygen atoms in total. The molecule has 0 bridgehead atoms. The monoisotopic (exact) mass is 324 g/mol. The van der Waals surface area contributed by atoms with Gasteiger partial charge in [-0.15, -0.1) is 0 Å². The van der Waals surface area contributed by atoms with Gasteiger partial charge in [0, 0.05) is 11.8 Å². The molecule has 0 fully saturated rings. The van der Waals surface area contributed by atoms with Crippen LogP contribution in [-0.4, -0.2) is 20.5 Å². The Morgan fingerprint density at radius 1 is 1.14 bits per heavy atom. The topological polar surface area (TPSA) is 60.4 Å². The third-order valence-corrected chi connectivity index (χ3v) is 4.21. The normalized spacial score (nSPS) is 11.2. The molecule has 0 amide bonds. The summed E-state index contributed by atoms with van der Waals surface area (Å²) in [4.78, 5) is 11.4. The molecule has 21 heavy (non-hydrogen) atoms. The summed E-state index contributed by atoms with van der Waals surface area (Å²) in [5.41, 5.74) is 0.484. The molecule has 6 heteroatoms. The van der Waals surface area contributed by atoms with Crippen LogP contribution < -0.4 is 4.74 Å². The Morgan fingerprint density at radius 2 is 1.86 bits per heavy atom. The van der Waals surface area contributed by atoms with Gasteiger partial charge in [0.1, 0.15) is 11.5 Å². The summed E-state index contributed by atoms with van der Waals surface area (Å²) >= 11 is 6.06. The maximum atomic E-state index is 11.5. The smallest absolute Gasteiger partial charge is 0.175 e. The molecule has 0 N–H and O–H groups in total. The number of halogens is 1. The van der Waals surface area contributed by atoms with Crippen molar-refractivity contribution in [2.45, 2.75) is 11.8 Å². The average molecular weight is 325 g/mol. The van der Waals surface area contributed by atoms with Crippen LogP contribution in [-0.2, 0) is 9.84 Å². The Balaban J connectivity index is 2.33. The highest BCUT2D eigenvalue weighted by atomic mass is 35.5. The summed E-state index contributed by atoms with van der Waals surface area (Å²) in [7, 11) is -3.30. The predicted octanol–water partition coefficient (Wildman–Crippen LogP) is 3.74. The molecule has 0 heterocycles. The van der Waals surface area contributed by atoms with Gasteiger partial charge in [-0.3, -0.25) is 4.79 Å². The lowest BCUT2D eigenvalue weighted by Gasteiger charge is -2.09. The van der Waals surface area contributed by atoms with Gasteiger partial charge in [0.25, 0.3) is 0 Å². The average Bonchev–Trinajstić information content (AvgIpc) is 2.40. The molecule has 0 aliphatic heterocycles. The highest BCUT2D eigenvalue weighted by molar-refractivity contribution is 7.90. The Labute approximate surface area is 128 Å². The number of sulfone groups is 1. The van der Waals surface area contributed by atoms with E-state index in [1.54, 1.807) is 24.3 Å². The van der Waals surface area contributed by atoms with Crippen LogP contribution in [0.4, 0.5) is 0 Å². The molecular formula is C15H13ClO4S. The van der Waals surface area contributed by atoms with Gasteiger partial charge < -0.3 is 4.74 Å². The van der Waals surface area contributed by atoms with Crippen molar-refractivity contribution in [1.82, 2.24) is 0 Å². The van der Waals surface area contributed by atoms with Gasteiger partial charge in [-0.1, -0.05) is 17.7 Å². The number of ketones is 1. The fourth-order valence-corrected chi connectivity index (χ4v) is 2.57. The van der Waals surface area contributed by atoms with Crippen LogP contribution in [0.25, 0.3) is 0 Å². The lowest BCUT2D eigenvalue weighted by atomic mass is 10.1. The maximum absolute atomic E-state index is 11.5. The molecule has 0 saturated heterocycles. The zero-order valence-corrected chi connectivity index (χ0v) is 13.0. The van der Waals surface area contributed by atoms with Crippen LogP contribution in [0.5, 0.6) is 11.5 Å². The molecule has 0 unspecified atom stereocenters. The minimum Gasteiger partial charge on any atom is -0.456 e. The van der Waals surface area contributed by atoms with E-state index in [2.05, 4.69) is 0 Å². The zero-order valence-electron chi connectivity index (χ0n) is 11.5. The van der Waals surface area contributed by atoms with E-state index in [-0.39, 0.29) is 15.7 Å². The van der Waals surface area contributed by atoms with Gasteiger partial charge in [-0.25, -0.2) is 8.42 Å². The van der Waals surface area contributed by atoms with Crippen LogP contribution >= 0.6 is 11.6 Å². The molecule has 0 aliphatic carbocycles. The number of hydrogen-bond acceptors (Lipinski definition) is 4. The lowest BCUT2D eigenvalue weighted by Crippen LogP contribution is -1.97. The van der Waals surface area contributed by atoms with Crippen molar-refractivity contribution in [3.8, 4) is 11.5 Å². The number of rotatable bonds is 4. The second-order valence-electron chi connectivity index (χ2n) is 4.55. The van der Waals surface area contributed by atoms with Crippen molar-refractivity contribution in [2.24, 2.45) is 0 Å². The van der Waals surface area contributed by atoms with E-state index in [1.807, 2.05) is 0 Å². The molecule has 0 radical (unpaired) electrons. The van der Waals surface area contributed by atoms with E-state index in [1.165, 1.54) is 25.1 Å². The number of benzene rings is 2. The fraction of sp³-hybridized carbons (Fsp3) is 0.133. The summed E-state index contributed by atoms with van der Waals surface area (Å²) in [6.45, 7) is 1.45. The van der Waals surface area contributed by atoms with Crippen molar-refractivity contribution < 1.29 is 17.9 Å². The van der Waals surface area contributed by atoms with Crippen LogP contribution in [0.1, 0.15) is 17.3 Å². The predicted molar refractivity (Wildman–Crippen MR) is 81.1 cm³/mol. The zero-order chi connectivity index (χ0) is 15.6. The van der Waals surface area contributed by atoms with Crippen molar-refractivity contribution in [3.05, 3.63) is 53.1 Å². The maximum Gasteiger partial charge on any atom is 0.175 e. The summed E-state index contributed by atoms with van der Waals surface area (Å²) in [5.74, 6) is 0.616. The first-order valence-corrected chi connectivity index (χ1v) is 8.33. The summed E-state index contributed by atoms with van der Waals surface area (Å²) in [5, 5.41) is 0.285. The molecule has 2 rings (SSSR count). The summed E-state index contributed by atoms with van der Waals surface area (Å²) in [6, 6.07) is 10.8. The molecular weight excluding hydrogens is 312 g/mol. The van der Waals surface area contributed by atoms with E-state index < -0.39 is 9.84 Å². The van der Waals surface area contributed by atoms with Crippen molar-refractivity contribution >= 4 is 27.2 Å². The molecule has 2 aromatic rings. The first kappa shape index (κ1) is 15.5. The molecule has 0 spiro atoms. The van der Waals surface area contributed by atoms with Gasteiger partial charge in [0.15, 0.2) is 15.6 Å². The number of hydrogen-bond donors (Lipinski definition) is 0. The van der Waals surface area contributed by atoms with E-state index >= 15 is 0 Å². The van der Waals surface area contributed by atoms with Crippen LogP contribution in [0.3, 0.4) is 0 Å². The van der Waals surface area contributed by atoms with E-state index in [0.717, 1.165) is 6.26 Å². The Hall–Kier alpha value is -1.85. The number of carbonyl (C=O) groups is 1. The largest absolute Gasteiger partial charge is 0.456 e. The van der Waals surface area contributed by atoms with E-state index in [9.17, 15) is 13.2 Å². The lowest BCUT2D eigenvalue weighted by molar-refractivity contribution is 0.101. The molecule has 0 aromatic heterocycles. The third kappa shape index (κ3) is 3.83. The van der Waals surface area contributed by atoms with E-state index in [0.29, 0.717) is 17.1 Å². The SMILES string of the molecule is CC(=O)c1ccc(Oc2cccc(S(C)(=O)=O)c2)c(Cl)c1. The first-order chi connectivity index (χ1) is 9.77. The van der Waals surface area contributed by atoms with Crippen molar-refractivity contribution in [3.63, 3.8) is 0 Å². The van der Waals surface area contributed by atoms with E-state index in [4.69, 9.17) is 16.3 Å². The minimum absolute atomic E-state index is 0.0949. The van der Waals surface area contributed by atoms with Crippen molar-refractivity contribution in [1.29, 1.82) is 0 Å². The number of ether oxygens (including phenoxy) is 1. The van der Waals surface area contributed by atoms with Gasteiger partial charge in [-0.05, 0) is 43.3 Å². The van der Waals surface area contributed by atoms with Crippen LogP contribution in [0.15, 0.2) is 47.4 Å². The molecule has 0 saturated carbocycles. The Bertz CT molecular complexity index is 797. The number of Topliss-reactive ketones (excluding diaryl/α,β-unsaturated/α-hetero) is 1. The summed E-state index contributed by atoms with van der Waals surface area (Å²) < 4.78 is 28.6. The number of carbonyl (C=O) groups excluding carboxylic acids is 1. The molecule has 110 valence electrons. The second kappa shape index (κ2) is 5.87. The standard InChI is InChI=1S/C15H13ClO4S/c1-10(17)11-6-7-15(14(16)8-11)20-12-4-3-5-13(9-12)21(2,18)19/h3-9H,1-2H3. The van der Waals surface area contributed by atoms with Gasteiger partial charge in [0.2, 0.25) is 0 Å². The second-order valence-corrected chi connectivity index (χ2v) is 6.97. The van der Waals surface area contributed by atoms with Crippen LogP contribution in [0, 0.1) is 0 Å². The fourth-order valence-electron chi connectivity index (χ4n) is 1.70. The third-order valence-electron chi connectivity index (χ3n) is 2.80. The molecule has 2 aromatic carbocycles. The molecule has 0 atom stereocenters. The summed E-state index contributed by atoms with van der Waals surface area (Å²) in [6.07, 6.45) is 1.13. The Morgan fingerprint density at radius 3 is 2.43 bits per heavy atom. The van der Waals surface area contributed by atoms with Gasteiger partial charge in [-0.2, -0.15) is 0 Å². The minimum atomic E-state index is -3.30. The van der Waals surface area contributed by atoms with Gasteiger partial charge >= 0.3 is 0 Å². The van der Waals surface area contributed by atoms with Crippen molar-refractivity contribution in [2.75, 3.05) is 6.26 Å². The molecule has 0 aliphatic rings.